The van der Waals surface area contributed by atoms with E-state index >= 15 is 0 Å². The molecule has 0 aromatic carbocycles. The molecule has 0 saturated heterocycles. The summed E-state index contributed by atoms with van der Waals surface area (Å²) in [5.41, 5.74) is 4.81. The summed E-state index contributed by atoms with van der Waals surface area (Å²) in [5, 5.41) is 9.66. The second-order valence-electron chi connectivity index (χ2n) is 15.0. The number of carbonyl (C=O) groups is 2. The summed E-state index contributed by atoms with van der Waals surface area (Å²) in [6.07, 6.45) is 42.8. The van der Waals surface area contributed by atoms with Crippen LogP contribution in [0, 0.1) is 5.41 Å². The lowest BCUT2D eigenvalue weighted by Crippen LogP contribution is -2.57. The third-order valence-corrected chi connectivity index (χ3v) is 10.4. The number of rotatable bonds is 36. The number of Topliss-reactive ketones (excluding diaryl/α,β-unsaturated/α-hetero) is 2. The average Bonchev–Trinajstić information content (AvgIpc) is 3.04. The molecule has 0 aliphatic heterocycles. The Morgan fingerprint density at radius 1 is 0.532 bits per heavy atom. The molecule has 0 radical (unpaired) electrons. The van der Waals surface area contributed by atoms with Gasteiger partial charge in [0.05, 0.1) is 5.41 Å². The van der Waals surface area contributed by atoms with Crippen LogP contribution in [0.15, 0.2) is 24.3 Å². The highest BCUT2D eigenvalue weighted by atomic mass is 16.3. The van der Waals surface area contributed by atoms with Gasteiger partial charge in [-0.25, -0.2) is 0 Å². The topological polar surface area (TPSA) is 80.4 Å². The summed E-state index contributed by atoms with van der Waals surface area (Å²) in [4.78, 5) is 26.6. The van der Waals surface area contributed by atoms with Gasteiger partial charge in [-0.15, -0.1) is 0 Å². The third kappa shape index (κ3) is 25.4. The summed E-state index contributed by atoms with van der Waals surface area (Å²) < 4.78 is 0. The van der Waals surface area contributed by atoms with E-state index in [-0.39, 0.29) is 24.6 Å². The predicted molar refractivity (Wildman–Crippen MR) is 206 cm³/mol. The van der Waals surface area contributed by atoms with E-state index in [0.717, 1.165) is 51.4 Å². The van der Waals surface area contributed by atoms with Crippen LogP contribution in [0.2, 0.25) is 0 Å². The molecule has 0 rings (SSSR count). The summed E-state index contributed by atoms with van der Waals surface area (Å²) in [7, 11) is 0. The van der Waals surface area contributed by atoms with Crippen molar-refractivity contribution >= 4 is 11.6 Å². The molecule has 3 N–H and O–H groups in total. The second-order valence-corrected chi connectivity index (χ2v) is 15.0. The van der Waals surface area contributed by atoms with Crippen molar-refractivity contribution in [2.24, 2.45) is 11.1 Å². The standard InChI is InChI=1S/C43H81NO3/c1-5-7-9-11-13-15-17-19-21-23-25-27-29-31-33-35-40(46)39-42(3,43(4,44)37-38-45)41(47)36-34-32-30-28-26-24-22-20-18-16-14-12-10-8-6-2/h19-22,45H,5-18,23-39,44H2,1-4H3/b21-19-,22-20-. The van der Waals surface area contributed by atoms with Crippen LogP contribution < -0.4 is 5.73 Å². The summed E-state index contributed by atoms with van der Waals surface area (Å²) >= 11 is 0. The normalized spacial score (nSPS) is 14.6. The first-order chi connectivity index (χ1) is 22.7. The Bertz CT molecular complexity index is 786. The van der Waals surface area contributed by atoms with Gasteiger partial charge >= 0.3 is 0 Å². The number of aliphatic hydroxyl groups is 1. The zero-order valence-electron chi connectivity index (χ0n) is 32.1. The number of ketones is 2. The lowest BCUT2D eigenvalue weighted by Gasteiger charge is -2.42. The zero-order chi connectivity index (χ0) is 34.9. The van der Waals surface area contributed by atoms with Crippen LogP contribution in [0.5, 0.6) is 0 Å². The minimum Gasteiger partial charge on any atom is -0.396 e. The molecule has 4 heteroatoms. The number of allylic oxidation sites excluding steroid dienone is 4. The number of hydrogen-bond acceptors (Lipinski definition) is 4. The second kappa shape index (κ2) is 32.0. The molecule has 0 fully saturated rings. The van der Waals surface area contributed by atoms with E-state index in [2.05, 4.69) is 38.2 Å². The number of nitrogens with two attached hydrogens (primary N) is 1. The van der Waals surface area contributed by atoms with Gasteiger partial charge in [-0.1, -0.05) is 148 Å². The van der Waals surface area contributed by atoms with Crippen LogP contribution in [0.1, 0.15) is 220 Å². The quantitative estimate of drug-likeness (QED) is 0.0518. The highest BCUT2D eigenvalue weighted by molar-refractivity contribution is 5.92. The molecule has 0 aliphatic rings. The van der Waals surface area contributed by atoms with Crippen molar-refractivity contribution in [2.45, 2.75) is 226 Å². The first-order valence-corrected chi connectivity index (χ1v) is 20.5. The van der Waals surface area contributed by atoms with Gasteiger partial charge in [0, 0.05) is 31.4 Å². The summed E-state index contributed by atoms with van der Waals surface area (Å²) in [5.74, 6) is 0.226. The molecule has 0 aromatic heterocycles. The largest absolute Gasteiger partial charge is 0.396 e. The van der Waals surface area contributed by atoms with E-state index < -0.39 is 11.0 Å². The van der Waals surface area contributed by atoms with Gasteiger partial charge in [0.2, 0.25) is 0 Å². The van der Waals surface area contributed by atoms with Crippen LogP contribution in [0.3, 0.4) is 0 Å². The first kappa shape index (κ1) is 45.7. The maximum absolute atomic E-state index is 13.5. The predicted octanol–water partition coefficient (Wildman–Crippen LogP) is 12.7. The van der Waals surface area contributed by atoms with E-state index in [9.17, 15) is 14.7 Å². The van der Waals surface area contributed by atoms with E-state index in [0.29, 0.717) is 19.3 Å². The molecule has 0 aliphatic carbocycles. The molecule has 0 amide bonds. The molecule has 0 bridgehead atoms. The summed E-state index contributed by atoms with van der Waals surface area (Å²) in [6.45, 7) is 8.17. The summed E-state index contributed by atoms with van der Waals surface area (Å²) in [6, 6.07) is 0. The molecule has 0 heterocycles. The van der Waals surface area contributed by atoms with Crippen LogP contribution in [-0.2, 0) is 9.59 Å². The minimum absolute atomic E-state index is 0.0777. The number of aliphatic hydroxyl groups excluding tert-OH is 1. The zero-order valence-corrected chi connectivity index (χ0v) is 32.1. The minimum atomic E-state index is -0.935. The molecule has 2 unspecified atom stereocenters. The highest BCUT2D eigenvalue weighted by Gasteiger charge is 2.47. The Hall–Kier alpha value is -1.26. The molecule has 0 saturated carbocycles. The Kier molecular flexibility index (Phi) is 31.1. The van der Waals surface area contributed by atoms with Gasteiger partial charge in [0.25, 0.3) is 0 Å². The van der Waals surface area contributed by atoms with Crippen molar-refractivity contribution in [3.05, 3.63) is 24.3 Å². The lowest BCUT2D eigenvalue weighted by atomic mass is 9.64. The van der Waals surface area contributed by atoms with E-state index in [1.807, 2.05) is 13.8 Å². The van der Waals surface area contributed by atoms with Gasteiger partial charge in [-0.3, -0.25) is 9.59 Å². The molecule has 0 aromatic rings. The number of carbonyl (C=O) groups excluding carboxylic acids is 2. The maximum Gasteiger partial charge on any atom is 0.141 e. The fourth-order valence-corrected chi connectivity index (χ4v) is 6.63. The van der Waals surface area contributed by atoms with E-state index in [4.69, 9.17) is 5.73 Å². The van der Waals surface area contributed by atoms with Gasteiger partial charge in [0.15, 0.2) is 0 Å². The SMILES string of the molecule is CCCCCCCC/C=C\CCCCCCCC(=O)CC(C)(C(=O)CCCCCCC/C=C\CCCCCCCC)C(C)(N)CCO. The Labute approximate surface area is 293 Å². The molecule has 47 heavy (non-hydrogen) atoms. The molecule has 276 valence electrons. The Balaban J connectivity index is 4.22. The van der Waals surface area contributed by atoms with Crippen LogP contribution in [0.25, 0.3) is 0 Å². The fraction of sp³-hybridized carbons (Fsp3) is 0.860. The fourth-order valence-electron chi connectivity index (χ4n) is 6.63. The molecule has 0 spiro atoms. The van der Waals surface area contributed by atoms with Crippen LogP contribution >= 0.6 is 0 Å². The van der Waals surface area contributed by atoms with E-state index in [1.54, 1.807) is 0 Å². The van der Waals surface area contributed by atoms with Crippen LogP contribution in [0.4, 0.5) is 0 Å². The van der Waals surface area contributed by atoms with Crippen molar-refractivity contribution < 1.29 is 14.7 Å². The van der Waals surface area contributed by atoms with Crippen molar-refractivity contribution in [2.75, 3.05) is 6.61 Å². The Morgan fingerprint density at radius 2 is 0.872 bits per heavy atom. The number of unbranched alkanes of at least 4 members (excludes halogenated alkanes) is 22. The monoisotopic (exact) mass is 660 g/mol. The molecule has 2 atom stereocenters. The van der Waals surface area contributed by atoms with Crippen molar-refractivity contribution in [3.63, 3.8) is 0 Å². The Morgan fingerprint density at radius 3 is 1.26 bits per heavy atom. The van der Waals surface area contributed by atoms with Crippen molar-refractivity contribution in [3.8, 4) is 0 Å². The highest BCUT2D eigenvalue weighted by Crippen LogP contribution is 2.39. The maximum atomic E-state index is 13.5. The molecular formula is C43H81NO3. The van der Waals surface area contributed by atoms with Gasteiger partial charge < -0.3 is 10.8 Å². The average molecular weight is 660 g/mol. The van der Waals surface area contributed by atoms with Gasteiger partial charge in [0.1, 0.15) is 11.6 Å². The molecule has 4 nitrogen and oxygen atoms in total. The van der Waals surface area contributed by atoms with E-state index in [1.165, 1.54) is 116 Å². The van der Waals surface area contributed by atoms with Crippen molar-refractivity contribution in [1.29, 1.82) is 0 Å². The third-order valence-electron chi connectivity index (χ3n) is 10.4. The lowest BCUT2D eigenvalue weighted by molar-refractivity contribution is -0.137. The van der Waals surface area contributed by atoms with Crippen molar-refractivity contribution in [1.82, 2.24) is 0 Å². The first-order valence-electron chi connectivity index (χ1n) is 20.5. The van der Waals surface area contributed by atoms with Gasteiger partial charge in [-0.05, 0) is 77.6 Å². The smallest absolute Gasteiger partial charge is 0.141 e. The number of hydrogen-bond donors (Lipinski definition) is 2. The molecular weight excluding hydrogens is 578 g/mol. The van der Waals surface area contributed by atoms with Crippen LogP contribution in [-0.4, -0.2) is 28.8 Å². The van der Waals surface area contributed by atoms with Gasteiger partial charge in [-0.2, -0.15) is 0 Å².